The number of nitrogens with zero attached hydrogens (tertiary/aromatic N) is 2. The van der Waals surface area contributed by atoms with Gasteiger partial charge in [-0.25, -0.2) is 4.98 Å². The normalized spacial score (nSPS) is 10.2. The Balaban J connectivity index is 1.82. The molecular weight excluding hydrogens is 236 g/mol. The average molecular weight is 256 g/mol. The van der Waals surface area contributed by atoms with Crippen molar-refractivity contribution in [3.05, 3.63) is 48.4 Å². The van der Waals surface area contributed by atoms with Crippen molar-refractivity contribution in [2.24, 2.45) is 0 Å². The summed E-state index contributed by atoms with van der Waals surface area (Å²) in [5.74, 6) is 0.921. The van der Waals surface area contributed by atoms with Gasteiger partial charge in [-0.05, 0) is 24.6 Å². The molecule has 0 fully saturated rings. The van der Waals surface area contributed by atoms with E-state index in [9.17, 15) is 0 Å². The highest BCUT2D eigenvalue weighted by molar-refractivity contribution is 5.51. The standard InChI is InChI=1S/C15H20N4/c1-2-8-18-15-12-14(7-11-19-15)17-10-6-13-5-3-4-9-16-13/h3-5,7,9,11-12H,2,6,8,10H2,1H3,(H2,17,18,19). The first kappa shape index (κ1) is 13.3. The smallest absolute Gasteiger partial charge is 0.127 e. The van der Waals surface area contributed by atoms with Crippen LogP contribution < -0.4 is 10.6 Å². The molecule has 2 rings (SSSR count). The van der Waals surface area contributed by atoms with Gasteiger partial charge in [-0.1, -0.05) is 13.0 Å². The summed E-state index contributed by atoms with van der Waals surface area (Å²) in [5, 5.41) is 6.67. The molecule has 4 heteroatoms. The van der Waals surface area contributed by atoms with Gasteiger partial charge in [0.2, 0.25) is 0 Å². The van der Waals surface area contributed by atoms with E-state index in [1.165, 1.54) is 0 Å². The molecule has 0 unspecified atom stereocenters. The van der Waals surface area contributed by atoms with Crippen LogP contribution in [0.25, 0.3) is 0 Å². The summed E-state index contributed by atoms with van der Waals surface area (Å²) in [7, 11) is 0. The van der Waals surface area contributed by atoms with Crippen molar-refractivity contribution in [2.75, 3.05) is 23.7 Å². The third-order valence-corrected chi connectivity index (χ3v) is 2.75. The fourth-order valence-electron chi connectivity index (χ4n) is 1.77. The van der Waals surface area contributed by atoms with E-state index in [0.717, 1.165) is 43.1 Å². The zero-order chi connectivity index (χ0) is 13.3. The quantitative estimate of drug-likeness (QED) is 0.799. The monoisotopic (exact) mass is 256 g/mol. The minimum absolute atomic E-state index is 0.869. The SMILES string of the molecule is CCCNc1cc(NCCc2ccccn2)ccn1. The van der Waals surface area contributed by atoms with Crippen LogP contribution in [0.2, 0.25) is 0 Å². The van der Waals surface area contributed by atoms with Gasteiger partial charge in [0, 0.05) is 49.4 Å². The number of pyridine rings is 2. The predicted octanol–water partition coefficient (Wildman–Crippen LogP) is 2.95. The fraction of sp³-hybridized carbons (Fsp3) is 0.333. The molecule has 0 saturated heterocycles. The van der Waals surface area contributed by atoms with Crippen LogP contribution in [0, 0.1) is 0 Å². The zero-order valence-electron chi connectivity index (χ0n) is 11.3. The third kappa shape index (κ3) is 4.58. The van der Waals surface area contributed by atoms with E-state index in [-0.39, 0.29) is 0 Å². The molecule has 4 nitrogen and oxygen atoms in total. The lowest BCUT2D eigenvalue weighted by Gasteiger charge is -2.08. The van der Waals surface area contributed by atoms with Gasteiger partial charge in [0.25, 0.3) is 0 Å². The van der Waals surface area contributed by atoms with E-state index in [1.54, 1.807) is 0 Å². The number of hydrogen-bond acceptors (Lipinski definition) is 4. The molecule has 0 aliphatic carbocycles. The first-order chi connectivity index (χ1) is 9.38. The predicted molar refractivity (Wildman–Crippen MR) is 79.4 cm³/mol. The molecule has 100 valence electrons. The number of aromatic nitrogens is 2. The number of hydrogen-bond donors (Lipinski definition) is 2. The van der Waals surface area contributed by atoms with Crippen molar-refractivity contribution in [1.29, 1.82) is 0 Å². The maximum atomic E-state index is 4.30. The molecule has 2 aromatic rings. The Morgan fingerprint density at radius 2 is 1.95 bits per heavy atom. The van der Waals surface area contributed by atoms with Gasteiger partial charge in [-0.3, -0.25) is 4.98 Å². The lowest BCUT2D eigenvalue weighted by Crippen LogP contribution is -2.07. The lowest BCUT2D eigenvalue weighted by molar-refractivity contribution is 0.957. The Hall–Kier alpha value is -2.10. The van der Waals surface area contributed by atoms with Gasteiger partial charge in [-0.2, -0.15) is 0 Å². The van der Waals surface area contributed by atoms with Crippen LogP contribution in [0.4, 0.5) is 11.5 Å². The Morgan fingerprint density at radius 3 is 2.74 bits per heavy atom. The topological polar surface area (TPSA) is 49.8 Å². The highest BCUT2D eigenvalue weighted by Gasteiger charge is 1.97. The molecule has 2 N–H and O–H groups in total. The summed E-state index contributed by atoms with van der Waals surface area (Å²) in [6, 6.07) is 10.0. The molecule has 0 radical (unpaired) electrons. The van der Waals surface area contributed by atoms with Gasteiger partial charge < -0.3 is 10.6 Å². The van der Waals surface area contributed by atoms with Crippen molar-refractivity contribution >= 4 is 11.5 Å². The van der Waals surface area contributed by atoms with Gasteiger partial charge in [0.15, 0.2) is 0 Å². The van der Waals surface area contributed by atoms with Crippen LogP contribution in [0.15, 0.2) is 42.7 Å². The molecule has 0 amide bonds. The van der Waals surface area contributed by atoms with Crippen molar-refractivity contribution in [1.82, 2.24) is 9.97 Å². The minimum atomic E-state index is 0.869. The van der Waals surface area contributed by atoms with Crippen LogP contribution in [0.1, 0.15) is 19.0 Å². The molecule has 0 saturated carbocycles. The molecular formula is C15H20N4. The van der Waals surface area contributed by atoms with Crippen LogP contribution in [0.5, 0.6) is 0 Å². The van der Waals surface area contributed by atoms with E-state index in [1.807, 2.05) is 42.7 Å². The summed E-state index contributed by atoms with van der Waals surface area (Å²) in [6.07, 6.45) is 5.66. The van der Waals surface area contributed by atoms with Crippen LogP contribution >= 0.6 is 0 Å². The summed E-state index contributed by atoms with van der Waals surface area (Å²) < 4.78 is 0. The van der Waals surface area contributed by atoms with Crippen LogP contribution in [-0.2, 0) is 6.42 Å². The molecule has 0 aliphatic heterocycles. The second kappa shape index (κ2) is 7.36. The second-order valence-electron chi connectivity index (χ2n) is 4.35. The lowest BCUT2D eigenvalue weighted by atomic mass is 10.2. The van der Waals surface area contributed by atoms with Crippen molar-refractivity contribution in [2.45, 2.75) is 19.8 Å². The van der Waals surface area contributed by atoms with E-state index in [4.69, 9.17) is 0 Å². The summed E-state index contributed by atoms with van der Waals surface area (Å²) >= 11 is 0. The molecule has 2 aromatic heterocycles. The third-order valence-electron chi connectivity index (χ3n) is 2.75. The van der Waals surface area contributed by atoms with E-state index < -0.39 is 0 Å². The molecule has 0 aromatic carbocycles. The minimum Gasteiger partial charge on any atom is -0.385 e. The summed E-state index contributed by atoms with van der Waals surface area (Å²) in [6.45, 7) is 3.96. The number of anilines is 2. The average Bonchev–Trinajstić information content (AvgIpc) is 2.47. The zero-order valence-corrected chi connectivity index (χ0v) is 11.3. The van der Waals surface area contributed by atoms with E-state index in [0.29, 0.717) is 0 Å². The Morgan fingerprint density at radius 1 is 1.00 bits per heavy atom. The number of nitrogens with one attached hydrogen (secondary N) is 2. The van der Waals surface area contributed by atoms with Crippen molar-refractivity contribution in [3.63, 3.8) is 0 Å². The Bertz CT molecular complexity index is 485. The van der Waals surface area contributed by atoms with Gasteiger partial charge in [-0.15, -0.1) is 0 Å². The summed E-state index contributed by atoms with van der Waals surface area (Å²) in [4.78, 5) is 8.58. The van der Waals surface area contributed by atoms with Gasteiger partial charge >= 0.3 is 0 Å². The highest BCUT2D eigenvalue weighted by Crippen LogP contribution is 2.11. The molecule has 0 aliphatic rings. The first-order valence-electron chi connectivity index (χ1n) is 6.72. The largest absolute Gasteiger partial charge is 0.385 e. The molecule has 0 atom stereocenters. The molecule has 19 heavy (non-hydrogen) atoms. The van der Waals surface area contributed by atoms with E-state index in [2.05, 4.69) is 27.5 Å². The van der Waals surface area contributed by atoms with Gasteiger partial charge in [0.05, 0.1) is 0 Å². The number of rotatable bonds is 7. The Labute approximate surface area is 114 Å². The maximum Gasteiger partial charge on any atom is 0.127 e. The summed E-state index contributed by atoms with van der Waals surface area (Å²) in [5.41, 5.74) is 2.19. The second-order valence-corrected chi connectivity index (χ2v) is 4.35. The first-order valence-corrected chi connectivity index (χ1v) is 6.72. The molecule has 0 spiro atoms. The molecule has 2 heterocycles. The van der Waals surface area contributed by atoms with E-state index >= 15 is 0 Å². The van der Waals surface area contributed by atoms with Gasteiger partial charge in [0.1, 0.15) is 5.82 Å². The van der Waals surface area contributed by atoms with Crippen LogP contribution in [-0.4, -0.2) is 23.1 Å². The Kier molecular flexibility index (Phi) is 5.17. The molecule has 0 bridgehead atoms. The van der Waals surface area contributed by atoms with Crippen molar-refractivity contribution in [3.8, 4) is 0 Å². The van der Waals surface area contributed by atoms with Crippen molar-refractivity contribution < 1.29 is 0 Å². The van der Waals surface area contributed by atoms with Crippen LogP contribution in [0.3, 0.4) is 0 Å². The maximum absolute atomic E-state index is 4.30. The fourth-order valence-corrected chi connectivity index (χ4v) is 1.77. The highest BCUT2D eigenvalue weighted by atomic mass is 15.0.